The molecule has 1 saturated heterocycles. The van der Waals surface area contributed by atoms with Gasteiger partial charge < -0.3 is 34.6 Å². The monoisotopic (exact) mass is 513 g/mol. The molecule has 1 aromatic heterocycles. The Hall–Kier alpha value is -2.74. The van der Waals surface area contributed by atoms with Crippen LogP contribution < -0.4 is 39.2 Å². The molecule has 0 aliphatic carbocycles. The Bertz CT molecular complexity index is 1120. The normalized spacial score (nSPS) is 15.8. The number of halogens is 1. The molecule has 5 nitrogen and oxygen atoms in total. The van der Waals surface area contributed by atoms with E-state index in [1.807, 2.05) is 24.3 Å². The number of hydrogen-bond donors (Lipinski definition) is 2. The third kappa shape index (κ3) is 4.70. The molecule has 2 aromatic carbocycles. The van der Waals surface area contributed by atoms with Gasteiger partial charge in [0.05, 0.1) is 5.39 Å². The lowest BCUT2D eigenvalue weighted by Crippen LogP contribution is -3.00. The summed E-state index contributed by atoms with van der Waals surface area (Å²) in [5.41, 5.74) is 5.34. The quantitative estimate of drug-likeness (QED) is 0.391. The zero-order valence-corrected chi connectivity index (χ0v) is 19.1. The molecule has 0 bridgehead atoms. The van der Waals surface area contributed by atoms with Gasteiger partial charge in [-0.15, -0.1) is 0 Å². The van der Waals surface area contributed by atoms with E-state index in [2.05, 4.69) is 71.7 Å². The van der Waals surface area contributed by atoms with Gasteiger partial charge in [0, 0.05) is 31.2 Å². The number of hydrogen-bond acceptors (Lipinski definition) is 2. The average molecular weight is 513 g/mol. The molecule has 2 heterocycles. The van der Waals surface area contributed by atoms with Crippen LogP contribution in [0.1, 0.15) is 29.7 Å². The fourth-order valence-electron chi connectivity index (χ4n) is 3.64. The molecule has 1 aliphatic heterocycles. The number of aromatic nitrogens is 1. The van der Waals surface area contributed by atoms with Gasteiger partial charge in [-0.25, -0.2) is 0 Å². The zero-order valence-electron chi connectivity index (χ0n) is 17.0. The lowest BCUT2D eigenvalue weighted by atomic mass is 10.1. The molecule has 0 unspecified atom stereocenters. The third-order valence-electron chi connectivity index (χ3n) is 5.42. The Morgan fingerprint density at radius 2 is 1.87 bits per heavy atom. The summed E-state index contributed by atoms with van der Waals surface area (Å²) in [7, 11) is 2.08. The van der Waals surface area contributed by atoms with Crippen molar-refractivity contribution in [3.63, 3.8) is 0 Å². The molecule has 30 heavy (non-hydrogen) atoms. The maximum absolute atomic E-state index is 12.2. The zero-order chi connectivity index (χ0) is 20.4. The molecule has 1 atom stereocenters. The lowest BCUT2D eigenvalue weighted by Gasteiger charge is -2.11. The lowest BCUT2D eigenvalue weighted by molar-refractivity contribution is -0.651. The summed E-state index contributed by atoms with van der Waals surface area (Å²) in [6, 6.07) is 17.8. The van der Waals surface area contributed by atoms with Crippen LogP contribution in [0.3, 0.4) is 0 Å². The molecule has 154 valence electrons. The van der Waals surface area contributed by atoms with Crippen LogP contribution in [0.25, 0.3) is 23.1 Å². The Kier molecular flexibility index (Phi) is 6.87. The Morgan fingerprint density at radius 1 is 1.13 bits per heavy atom. The smallest absolute Gasteiger partial charge is 0.246 e. The molecule has 1 fully saturated rings. The summed E-state index contributed by atoms with van der Waals surface area (Å²) in [5.74, 6) is -0.235. The van der Waals surface area contributed by atoms with Gasteiger partial charge in [-0.1, -0.05) is 36.4 Å². The van der Waals surface area contributed by atoms with Crippen molar-refractivity contribution in [1.82, 2.24) is 5.32 Å². The van der Waals surface area contributed by atoms with Crippen molar-refractivity contribution in [3.8, 4) is 0 Å². The second-order valence-corrected chi connectivity index (χ2v) is 7.42. The van der Waals surface area contributed by atoms with Crippen molar-refractivity contribution in [2.45, 2.75) is 25.8 Å². The van der Waals surface area contributed by atoms with Crippen molar-refractivity contribution in [1.29, 1.82) is 0 Å². The molecular weight excluding hydrogens is 489 g/mol. The molecule has 3 aromatic rings. The van der Waals surface area contributed by atoms with Gasteiger partial charge in [0.1, 0.15) is 13.1 Å². The molecular formula is C24H24IN3O2. The number of nitrogens with zero attached hydrogens (tertiary/aromatic N) is 1. The minimum Gasteiger partial charge on any atom is -1.00 e. The Morgan fingerprint density at radius 3 is 2.57 bits per heavy atom. The van der Waals surface area contributed by atoms with Crippen molar-refractivity contribution in [2.24, 2.45) is 7.05 Å². The van der Waals surface area contributed by atoms with Crippen LogP contribution >= 0.6 is 0 Å². The highest BCUT2D eigenvalue weighted by Crippen LogP contribution is 2.20. The van der Waals surface area contributed by atoms with E-state index in [0.717, 1.165) is 11.3 Å². The van der Waals surface area contributed by atoms with Crippen molar-refractivity contribution >= 4 is 40.6 Å². The average Bonchev–Trinajstić information content (AvgIpc) is 3.17. The minimum atomic E-state index is -0.432. The van der Waals surface area contributed by atoms with Gasteiger partial charge in [0.25, 0.3) is 0 Å². The number of pyridine rings is 1. The Labute approximate surface area is 193 Å². The van der Waals surface area contributed by atoms with Crippen molar-refractivity contribution in [2.75, 3.05) is 5.32 Å². The number of para-hydroxylation sites is 1. The van der Waals surface area contributed by atoms with Crippen LogP contribution in [-0.4, -0.2) is 17.9 Å². The predicted molar refractivity (Wildman–Crippen MR) is 115 cm³/mol. The largest absolute Gasteiger partial charge is 1.00 e. The molecule has 2 amide bonds. The molecule has 6 heteroatoms. The highest BCUT2D eigenvalue weighted by atomic mass is 127. The second kappa shape index (κ2) is 9.38. The summed E-state index contributed by atoms with van der Waals surface area (Å²) in [6.07, 6.45) is 5.15. The van der Waals surface area contributed by atoms with Crippen LogP contribution in [-0.2, 0) is 16.6 Å². The van der Waals surface area contributed by atoms with E-state index in [4.69, 9.17) is 0 Å². The second-order valence-electron chi connectivity index (χ2n) is 7.42. The van der Waals surface area contributed by atoms with Gasteiger partial charge in [-0.2, -0.15) is 4.57 Å². The summed E-state index contributed by atoms with van der Waals surface area (Å²) in [4.78, 5) is 23.5. The van der Waals surface area contributed by atoms with E-state index in [1.54, 1.807) is 0 Å². The SMILES string of the molecule is Cc1cc(C=Cc2ccc(NC(=O)[C@@H]3CCC(=O)N3)cc2)c2ccccc2[n+]1C.[I-]. The fraction of sp³-hybridized carbons (Fsp3) is 0.208. The van der Waals surface area contributed by atoms with Crippen LogP contribution in [0, 0.1) is 6.92 Å². The summed E-state index contributed by atoms with van der Waals surface area (Å²) in [6.45, 7) is 2.11. The summed E-state index contributed by atoms with van der Waals surface area (Å²) >= 11 is 0. The number of carbonyl (C=O) groups excluding carboxylic acids is 2. The number of benzene rings is 2. The maximum Gasteiger partial charge on any atom is 0.246 e. The molecule has 2 N–H and O–H groups in total. The number of carbonyl (C=O) groups is 2. The summed E-state index contributed by atoms with van der Waals surface area (Å²) in [5, 5.41) is 6.75. The number of aryl methyl sites for hydroxylation is 2. The van der Waals surface area contributed by atoms with E-state index in [-0.39, 0.29) is 35.8 Å². The number of nitrogens with one attached hydrogen (secondary N) is 2. The van der Waals surface area contributed by atoms with Crippen LogP contribution in [0.4, 0.5) is 5.69 Å². The van der Waals surface area contributed by atoms with E-state index in [1.165, 1.54) is 22.2 Å². The molecule has 1 aliphatic rings. The Balaban J connectivity index is 0.00000256. The maximum atomic E-state index is 12.2. The fourth-order valence-corrected chi connectivity index (χ4v) is 3.64. The molecule has 0 radical (unpaired) electrons. The standard InChI is InChI=1S/C24H23N3O2.HI/c1-16-15-18(20-5-3-4-6-22(20)27(16)2)10-7-17-8-11-19(12-9-17)25-24(29)21-13-14-23(28)26-21;/h3-12,15,21H,13-14H2,1-2H3,(H,26,28);1H/t21-;/m0./s1. The van der Waals surface area contributed by atoms with Crippen LogP contribution in [0.2, 0.25) is 0 Å². The first-order chi connectivity index (χ1) is 14.0. The minimum absolute atomic E-state index is 0. The topological polar surface area (TPSA) is 62.1 Å². The van der Waals surface area contributed by atoms with Gasteiger partial charge in [0.15, 0.2) is 5.69 Å². The van der Waals surface area contributed by atoms with E-state index >= 15 is 0 Å². The third-order valence-corrected chi connectivity index (χ3v) is 5.42. The number of rotatable bonds is 4. The number of fused-ring (bicyclic) bond motifs is 1. The van der Waals surface area contributed by atoms with Gasteiger partial charge in [0.2, 0.25) is 17.3 Å². The van der Waals surface area contributed by atoms with Gasteiger partial charge in [-0.3, -0.25) is 9.59 Å². The van der Waals surface area contributed by atoms with Crippen molar-refractivity contribution in [3.05, 3.63) is 71.4 Å². The number of anilines is 1. The first-order valence-electron chi connectivity index (χ1n) is 9.78. The first kappa shape index (κ1) is 22.0. The molecule has 0 spiro atoms. The van der Waals surface area contributed by atoms with Gasteiger partial charge in [-0.05, 0) is 35.7 Å². The van der Waals surface area contributed by atoms with Crippen LogP contribution in [0.15, 0.2) is 54.6 Å². The van der Waals surface area contributed by atoms with E-state index in [9.17, 15) is 9.59 Å². The highest BCUT2D eigenvalue weighted by molar-refractivity contribution is 5.99. The van der Waals surface area contributed by atoms with Gasteiger partial charge >= 0.3 is 0 Å². The highest BCUT2D eigenvalue weighted by Gasteiger charge is 2.27. The van der Waals surface area contributed by atoms with Crippen LogP contribution in [0.5, 0.6) is 0 Å². The number of amides is 2. The van der Waals surface area contributed by atoms with E-state index < -0.39 is 6.04 Å². The predicted octanol–water partition coefficient (Wildman–Crippen LogP) is 0.364. The molecule has 0 saturated carbocycles. The van der Waals surface area contributed by atoms with E-state index in [0.29, 0.717) is 12.8 Å². The molecule has 4 rings (SSSR count). The summed E-state index contributed by atoms with van der Waals surface area (Å²) < 4.78 is 2.19. The first-order valence-corrected chi connectivity index (χ1v) is 9.78. The van der Waals surface area contributed by atoms with Crippen molar-refractivity contribution < 1.29 is 38.1 Å².